The maximum absolute atomic E-state index is 9.06. The third-order valence-corrected chi connectivity index (χ3v) is 3.58. The van der Waals surface area contributed by atoms with Gasteiger partial charge < -0.3 is 15.0 Å². The Morgan fingerprint density at radius 3 is 2.68 bits per heavy atom. The van der Waals surface area contributed by atoms with Crippen LogP contribution in [-0.2, 0) is 13.0 Å². The van der Waals surface area contributed by atoms with E-state index in [9.17, 15) is 0 Å². The van der Waals surface area contributed by atoms with E-state index >= 15 is 0 Å². The quantitative estimate of drug-likeness (QED) is 0.833. The number of nitrogens with zero attached hydrogens (tertiary/aromatic N) is 2. The maximum atomic E-state index is 9.06. The zero-order chi connectivity index (χ0) is 13.8. The van der Waals surface area contributed by atoms with Crippen LogP contribution in [0, 0.1) is 13.8 Å². The fourth-order valence-electron chi connectivity index (χ4n) is 2.34. The van der Waals surface area contributed by atoms with Gasteiger partial charge in [0.15, 0.2) is 0 Å². The van der Waals surface area contributed by atoms with Gasteiger partial charge in [-0.25, -0.2) is 4.98 Å². The van der Waals surface area contributed by atoms with E-state index in [-0.39, 0.29) is 6.61 Å². The predicted molar refractivity (Wildman–Crippen MR) is 78.5 cm³/mol. The van der Waals surface area contributed by atoms with Crippen LogP contribution < -0.4 is 5.32 Å². The Balaban J connectivity index is 2.46. The third-order valence-electron chi connectivity index (χ3n) is 3.58. The zero-order valence-corrected chi connectivity index (χ0v) is 12.0. The molecule has 0 aliphatic rings. The summed E-state index contributed by atoms with van der Waals surface area (Å²) in [4.78, 5) is 4.75. The normalized spacial score (nSPS) is 11.4. The van der Waals surface area contributed by atoms with Gasteiger partial charge in [-0.15, -0.1) is 0 Å². The van der Waals surface area contributed by atoms with Gasteiger partial charge >= 0.3 is 0 Å². The second kappa shape index (κ2) is 6.17. The van der Waals surface area contributed by atoms with Crippen molar-refractivity contribution in [3.63, 3.8) is 0 Å². The minimum Gasteiger partial charge on any atom is -0.396 e. The van der Waals surface area contributed by atoms with E-state index in [0.29, 0.717) is 0 Å². The van der Waals surface area contributed by atoms with Crippen LogP contribution in [0.15, 0.2) is 12.1 Å². The predicted octanol–water partition coefficient (Wildman–Crippen LogP) is 1.80. The summed E-state index contributed by atoms with van der Waals surface area (Å²) in [6.07, 6.45) is 1.68. The Bertz CT molecular complexity index is 560. The summed E-state index contributed by atoms with van der Waals surface area (Å²) in [6.45, 7) is 6.21. The summed E-state index contributed by atoms with van der Waals surface area (Å²) in [5.41, 5.74) is 4.81. The van der Waals surface area contributed by atoms with E-state index in [4.69, 9.17) is 10.1 Å². The molecule has 0 aliphatic heterocycles. The Morgan fingerprint density at radius 2 is 2.00 bits per heavy atom. The lowest BCUT2D eigenvalue weighted by Crippen LogP contribution is -2.14. The molecule has 2 N–H and O–H groups in total. The molecule has 1 aromatic heterocycles. The molecule has 0 saturated carbocycles. The first-order chi connectivity index (χ1) is 9.17. The minimum atomic E-state index is 0.218. The van der Waals surface area contributed by atoms with E-state index in [0.717, 1.165) is 37.3 Å². The number of benzene rings is 1. The van der Waals surface area contributed by atoms with Crippen LogP contribution in [0.5, 0.6) is 0 Å². The average molecular weight is 261 g/mol. The lowest BCUT2D eigenvalue weighted by molar-refractivity contribution is 0.280. The highest BCUT2D eigenvalue weighted by atomic mass is 16.3. The molecule has 0 bridgehead atoms. The van der Waals surface area contributed by atoms with Gasteiger partial charge in [-0.05, 0) is 50.6 Å². The summed E-state index contributed by atoms with van der Waals surface area (Å²) in [6, 6.07) is 4.36. The molecule has 2 aromatic rings. The highest BCUT2D eigenvalue weighted by Gasteiger charge is 2.11. The van der Waals surface area contributed by atoms with Crippen molar-refractivity contribution in [2.75, 3.05) is 20.2 Å². The number of rotatable bonds is 6. The van der Waals surface area contributed by atoms with Crippen molar-refractivity contribution in [3.05, 3.63) is 29.1 Å². The number of aromatic nitrogens is 2. The van der Waals surface area contributed by atoms with Crippen LogP contribution in [0.2, 0.25) is 0 Å². The molecule has 4 nitrogen and oxygen atoms in total. The van der Waals surface area contributed by atoms with Crippen molar-refractivity contribution in [1.82, 2.24) is 14.9 Å². The first kappa shape index (κ1) is 14.0. The van der Waals surface area contributed by atoms with Crippen LogP contribution >= 0.6 is 0 Å². The fourth-order valence-corrected chi connectivity index (χ4v) is 2.34. The SMILES string of the molecule is CNCCc1nc2cc(C)c(C)cc2n1CCCO. The highest BCUT2D eigenvalue weighted by Crippen LogP contribution is 2.21. The van der Waals surface area contributed by atoms with E-state index < -0.39 is 0 Å². The molecule has 104 valence electrons. The number of aryl methyl sites for hydroxylation is 3. The summed E-state index contributed by atoms with van der Waals surface area (Å²) < 4.78 is 2.25. The standard InChI is InChI=1S/C15H23N3O/c1-11-9-13-14(10-12(11)2)18(7-4-8-19)15(17-13)5-6-16-3/h9-10,16,19H,4-8H2,1-3H3. The summed E-state index contributed by atoms with van der Waals surface area (Å²) in [5, 5.41) is 12.2. The van der Waals surface area contributed by atoms with Crippen molar-refractivity contribution in [1.29, 1.82) is 0 Å². The molecule has 0 fully saturated rings. The van der Waals surface area contributed by atoms with Gasteiger partial charge in [0.2, 0.25) is 0 Å². The van der Waals surface area contributed by atoms with Gasteiger partial charge in [0.1, 0.15) is 5.82 Å². The largest absolute Gasteiger partial charge is 0.396 e. The number of hydrogen-bond donors (Lipinski definition) is 2. The number of hydrogen-bond acceptors (Lipinski definition) is 3. The monoisotopic (exact) mass is 261 g/mol. The van der Waals surface area contributed by atoms with Gasteiger partial charge in [-0.3, -0.25) is 0 Å². The maximum Gasteiger partial charge on any atom is 0.111 e. The van der Waals surface area contributed by atoms with Gasteiger partial charge in [0, 0.05) is 26.1 Å². The lowest BCUT2D eigenvalue weighted by atomic mass is 10.1. The first-order valence-electron chi connectivity index (χ1n) is 6.89. The number of nitrogens with one attached hydrogen (secondary N) is 1. The van der Waals surface area contributed by atoms with Crippen molar-refractivity contribution in [2.24, 2.45) is 0 Å². The van der Waals surface area contributed by atoms with Crippen molar-refractivity contribution >= 4 is 11.0 Å². The van der Waals surface area contributed by atoms with Crippen LogP contribution in [0.1, 0.15) is 23.4 Å². The second-order valence-electron chi connectivity index (χ2n) is 5.04. The molecule has 0 spiro atoms. The molecule has 0 aliphatic carbocycles. The molecule has 0 atom stereocenters. The fraction of sp³-hybridized carbons (Fsp3) is 0.533. The number of likely N-dealkylation sites (N-methyl/N-ethyl adjacent to an activating group) is 1. The highest BCUT2D eigenvalue weighted by molar-refractivity contribution is 5.78. The number of aliphatic hydroxyl groups excluding tert-OH is 1. The smallest absolute Gasteiger partial charge is 0.111 e. The number of imidazole rings is 1. The summed E-state index contributed by atoms with van der Waals surface area (Å²) in [5.74, 6) is 1.10. The summed E-state index contributed by atoms with van der Waals surface area (Å²) in [7, 11) is 1.95. The molecule has 2 rings (SSSR count). The van der Waals surface area contributed by atoms with Gasteiger partial charge in [0.05, 0.1) is 11.0 Å². The molecular weight excluding hydrogens is 238 g/mol. The second-order valence-corrected chi connectivity index (χ2v) is 5.04. The minimum absolute atomic E-state index is 0.218. The molecule has 0 radical (unpaired) electrons. The van der Waals surface area contributed by atoms with E-state index in [1.54, 1.807) is 0 Å². The lowest BCUT2D eigenvalue weighted by Gasteiger charge is -2.09. The number of fused-ring (bicyclic) bond motifs is 1. The zero-order valence-electron chi connectivity index (χ0n) is 12.0. The van der Waals surface area contributed by atoms with Crippen molar-refractivity contribution in [2.45, 2.75) is 33.2 Å². The molecule has 1 aromatic carbocycles. The Kier molecular flexibility index (Phi) is 4.56. The number of aliphatic hydroxyl groups is 1. The van der Waals surface area contributed by atoms with Gasteiger partial charge in [-0.1, -0.05) is 0 Å². The topological polar surface area (TPSA) is 50.1 Å². The van der Waals surface area contributed by atoms with Crippen molar-refractivity contribution in [3.8, 4) is 0 Å². The van der Waals surface area contributed by atoms with Crippen LogP contribution in [0.4, 0.5) is 0 Å². The first-order valence-corrected chi connectivity index (χ1v) is 6.89. The molecule has 1 heterocycles. The van der Waals surface area contributed by atoms with Crippen LogP contribution in [-0.4, -0.2) is 34.9 Å². The van der Waals surface area contributed by atoms with E-state index in [2.05, 4.69) is 35.9 Å². The van der Waals surface area contributed by atoms with E-state index in [1.165, 1.54) is 16.6 Å². The van der Waals surface area contributed by atoms with Gasteiger partial charge in [-0.2, -0.15) is 0 Å². The molecule has 0 unspecified atom stereocenters. The molecule has 19 heavy (non-hydrogen) atoms. The molecule has 4 heteroatoms. The summed E-state index contributed by atoms with van der Waals surface area (Å²) >= 11 is 0. The Hall–Kier alpha value is -1.39. The Labute approximate surface area is 114 Å². The van der Waals surface area contributed by atoms with Crippen molar-refractivity contribution < 1.29 is 5.11 Å². The molecule has 0 amide bonds. The van der Waals surface area contributed by atoms with Crippen LogP contribution in [0.25, 0.3) is 11.0 Å². The Morgan fingerprint density at radius 1 is 1.26 bits per heavy atom. The van der Waals surface area contributed by atoms with Gasteiger partial charge in [0.25, 0.3) is 0 Å². The molecule has 0 saturated heterocycles. The molecular formula is C15H23N3O. The van der Waals surface area contributed by atoms with E-state index in [1.807, 2.05) is 7.05 Å². The third kappa shape index (κ3) is 2.96. The average Bonchev–Trinajstić information content (AvgIpc) is 2.71. The van der Waals surface area contributed by atoms with Crippen LogP contribution in [0.3, 0.4) is 0 Å².